The normalized spacial score (nSPS) is 14.1. The minimum atomic E-state index is -0.369. The molecule has 0 bridgehead atoms. The summed E-state index contributed by atoms with van der Waals surface area (Å²) >= 11 is 0. The molecule has 1 aliphatic rings. The van der Waals surface area contributed by atoms with Gasteiger partial charge in [-0.3, -0.25) is 15.1 Å². The Morgan fingerprint density at radius 1 is 1.59 bits per heavy atom. The molecule has 0 atom stereocenters. The highest BCUT2D eigenvalue weighted by Crippen LogP contribution is 2.24. The summed E-state index contributed by atoms with van der Waals surface area (Å²) in [6, 6.07) is 5.01. The quantitative estimate of drug-likeness (QED) is 0.608. The van der Waals surface area contributed by atoms with Crippen LogP contribution in [-0.2, 0) is 0 Å². The van der Waals surface area contributed by atoms with E-state index in [9.17, 15) is 10.1 Å². The number of anilines is 1. The first-order chi connectivity index (χ1) is 8.18. The third-order valence-electron chi connectivity index (χ3n) is 2.69. The van der Waals surface area contributed by atoms with Crippen molar-refractivity contribution in [2.45, 2.75) is 6.92 Å². The molecule has 2 N–H and O–H groups in total. The van der Waals surface area contributed by atoms with E-state index in [0.29, 0.717) is 12.1 Å². The lowest BCUT2D eigenvalue weighted by molar-refractivity contribution is -0.385. The number of rotatable bonds is 4. The number of hydrogen-bond acceptors (Lipinski definition) is 5. The maximum atomic E-state index is 10.8. The van der Waals surface area contributed by atoms with Crippen molar-refractivity contribution < 1.29 is 4.92 Å². The summed E-state index contributed by atoms with van der Waals surface area (Å²) in [5.74, 6) is 0.899. The highest BCUT2D eigenvalue weighted by Gasteiger charge is 2.13. The van der Waals surface area contributed by atoms with Gasteiger partial charge in [-0.1, -0.05) is 6.07 Å². The highest BCUT2D eigenvalue weighted by atomic mass is 16.6. The van der Waals surface area contributed by atoms with Gasteiger partial charge in [-0.2, -0.15) is 0 Å². The molecule has 90 valence electrons. The van der Waals surface area contributed by atoms with Crippen LogP contribution in [0.5, 0.6) is 0 Å². The van der Waals surface area contributed by atoms with E-state index in [0.717, 1.165) is 24.6 Å². The molecule has 6 heteroatoms. The third kappa shape index (κ3) is 2.52. The van der Waals surface area contributed by atoms with Crippen LogP contribution in [0.1, 0.15) is 5.56 Å². The minimum Gasteiger partial charge on any atom is -0.377 e. The summed E-state index contributed by atoms with van der Waals surface area (Å²) in [5, 5.41) is 17.1. The molecule has 0 aromatic heterocycles. The van der Waals surface area contributed by atoms with Crippen LogP contribution < -0.4 is 10.6 Å². The van der Waals surface area contributed by atoms with Crippen molar-refractivity contribution in [3.63, 3.8) is 0 Å². The number of aliphatic imine (C=N–C) groups is 1. The number of benzene rings is 1. The molecule has 1 heterocycles. The predicted octanol–water partition coefficient (Wildman–Crippen LogP) is 1.32. The van der Waals surface area contributed by atoms with E-state index in [-0.39, 0.29) is 10.6 Å². The largest absolute Gasteiger partial charge is 0.377 e. The van der Waals surface area contributed by atoms with Crippen LogP contribution in [0.3, 0.4) is 0 Å². The lowest BCUT2D eigenvalue weighted by atomic mass is 10.1. The molecule has 0 aliphatic carbocycles. The van der Waals surface area contributed by atoms with Gasteiger partial charge in [0.1, 0.15) is 5.84 Å². The van der Waals surface area contributed by atoms with Gasteiger partial charge < -0.3 is 10.6 Å². The number of nitrogens with one attached hydrogen (secondary N) is 2. The average molecular weight is 234 g/mol. The molecule has 0 radical (unpaired) electrons. The second-order valence-corrected chi connectivity index (χ2v) is 3.82. The number of nitrogens with zero attached hydrogens (tertiary/aromatic N) is 2. The van der Waals surface area contributed by atoms with Crippen LogP contribution in [0.25, 0.3) is 0 Å². The second kappa shape index (κ2) is 4.82. The van der Waals surface area contributed by atoms with Gasteiger partial charge in [-0.05, 0) is 13.0 Å². The van der Waals surface area contributed by atoms with Gasteiger partial charge >= 0.3 is 0 Å². The van der Waals surface area contributed by atoms with E-state index >= 15 is 0 Å². The zero-order valence-corrected chi connectivity index (χ0v) is 9.56. The number of nitro benzene ring substituents is 1. The maximum absolute atomic E-state index is 10.8. The van der Waals surface area contributed by atoms with E-state index in [2.05, 4.69) is 15.6 Å². The van der Waals surface area contributed by atoms with Crippen LogP contribution in [0.4, 0.5) is 11.4 Å². The molecule has 2 rings (SSSR count). The van der Waals surface area contributed by atoms with Gasteiger partial charge in [0.15, 0.2) is 0 Å². The molecule has 1 aliphatic heterocycles. The topological polar surface area (TPSA) is 79.6 Å². The Hall–Kier alpha value is -2.11. The fraction of sp³-hybridized carbons (Fsp3) is 0.364. The molecule has 0 spiro atoms. The SMILES string of the molecule is Cc1c(NCC2=NCCN2)cccc1[N+](=O)[O-]. The van der Waals surface area contributed by atoms with E-state index in [4.69, 9.17) is 0 Å². The van der Waals surface area contributed by atoms with Gasteiger partial charge in [-0.15, -0.1) is 0 Å². The first-order valence-corrected chi connectivity index (χ1v) is 5.43. The van der Waals surface area contributed by atoms with E-state index < -0.39 is 0 Å². The fourth-order valence-electron chi connectivity index (χ4n) is 1.76. The molecule has 0 fully saturated rings. The summed E-state index contributed by atoms with van der Waals surface area (Å²) in [6.45, 7) is 3.97. The van der Waals surface area contributed by atoms with Crippen LogP contribution in [-0.4, -0.2) is 30.4 Å². The Kier molecular flexibility index (Phi) is 3.22. The van der Waals surface area contributed by atoms with E-state index in [1.165, 1.54) is 6.07 Å². The lowest BCUT2D eigenvalue weighted by Crippen LogP contribution is -2.26. The standard InChI is InChI=1S/C11H14N4O2/c1-8-9(3-2-4-10(8)15(16)17)14-7-11-12-5-6-13-11/h2-4,14H,5-7H2,1H3,(H,12,13). The zero-order valence-electron chi connectivity index (χ0n) is 9.56. The van der Waals surface area contributed by atoms with Crippen molar-refractivity contribution in [1.82, 2.24) is 5.32 Å². The Balaban J connectivity index is 2.10. The van der Waals surface area contributed by atoms with E-state index in [1.807, 2.05) is 6.07 Å². The fourth-order valence-corrected chi connectivity index (χ4v) is 1.76. The summed E-state index contributed by atoms with van der Waals surface area (Å²) in [5.41, 5.74) is 1.56. The number of nitro groups is 1. The summed E-state index contributed by atoms with van der Waals surface area (Å²) < 4.78 is 0. The van der Waals surface area contributed by atoms with Crippen LogP contribution in [0, 0.1) is 17.0 Å². The monoisotopic (exact) mass is 234 g/mol. The highest BCUT2D eigenvalue weighted by molar-refractivity contribution is 5.87. The maximum Gasteiger partial charge on any atom is 0.274 e. The Morgan fingerprint density at radius 2 is 2.41 bits per heavy atom. The molecule has 1 aromatic carbocycles. The van der Waals surface area contributed by atoms with Crippen molar-refractivity contribution in [1.29, 1.82) is 0 Å². The molecular formula is C11H14N4O2. The van der Waals surface area contributed by atoms with Crippen molar-refractivity contribution in [2.24, 2.45) is 4.99 Å². The summed E-state index contributed by atoms with van der Waals surface area (Å²) in [4.78, 5) is 14.7. The van der Waals surface area contributed by atoms with Gasteiger partial charge in [-0.25, -0.2) is 0 Å². The Labute approximate surface area is 98.9 Å². The van der Waals surface area contributed by atoms with Gasteiger partial charge in [0.25, 0.3) is 5.69 Å². The molecule has 6 nitrogen and oxygen atoms in total. The molecule has 0 amide bonds. The van der Waals surface area contributed by atoms with Crippen molar-refractivity contribution in [3.05, 3.63) is 33.9 Å². The van der Waals surface area contributed by atoms with Gasteiger partial charge in [0.05, 0.1) is 18.0 Å². The van der Waals surface area contributed by atoms with Crippen molar-refractivity contribution >= 4 is 17.2 Å². The van der Waals surface area contributed by atoms with Crippen LogP contribution >= 0.6 is 0 Å². The van der Waals surface area contributed by atoms with Crippen LogP contribution in [0.2, 0.25) is 0 Å². The van der Waals surface area contributed by atoms with E-state index in [1.54, 1.807) is 13.0 Å². The third-order valence-corrected chi connectivity index (χ3v) is 2.69. The molecular weight excluding hydrogens is 220 g/mol. The zero-order chi connectivity index (χ0) is 12.3. The van der Waals surface area contributed by atoms with Crippen molar-refractivity contribution in [2.75, 3.05) is 25.0 Å². The molecule has 0 saturated carbocycles. The summed E-state index contributed by atoms with van der Waals surface area (Å²) in [6.07, 6.45) is 0. The first kappa shape index (κ1) is 11.4. The number of amidine groups is 1. The molecule has 0 unspecified atom stereocenters. The second-order valence-electron chi connectivity index (χ2n) is 3.82. The molecule has 17 heavy (non-hydrogen) atoms. The Morgan fingerprint density at radius 3 is 3.06 bits per heavy atom. The lowest BCUT2D eigenvalue weighted by Gasteiger charge is -2.09. The van der Waals surface area contributed by atoms with Gasteiger partial charge in [0.2, 0.25) is 0 Å². The van der Waals surface area contributed by atoms with Crippen LogP contribution in [0.15, 0.2) is 23.2 Å². The predicted molar refractivity (Wildman–Crippen MR) is 66.6 cm³/mol. The first-order valence-electron chi connectivity index (χ1n) is 5.43. The summed E-state index contributed by atoms with van der Waals surface area (Å²) in [7, 11) is 0. The minimum absolute atomic E-state index is 0.135. The smallest absolute Gasteiger partial charge is 0.274 e. The Bertz CT molecular complexity index is 471. The van der Waals surface area contributed by atoms with Gasteiger partial charge in [0, 0.05) is 23.9 Å². The average Bonchev–Trinajstić information content (AvgIpc) is 2.80. The number of hydrogen-bond donors (Lipinski definition) is 2. The molecule has 1 aromatic rings. The molecule has 0 saturated heterocycles. The van der Waals surface area contributed by atoms with Crippen molar-refractivity contribution in [3.8, 4) is 0 Å².